The van der Waals surface area contributed by atoms with Gasteiger partial charge in [0, 0.05) is 25.2 Å². The third-order valence-electron chi connectivity index (χ3n) is 4.01. The number of piperazine rings is 1. The summed E-state index contributed by atoms with van der Waals surface area (Å²) in [5, 5.41) is 11.1. The summed E-state index contributed by atoms with van der Waals surface area (Å²) in [7, 11) is -1.52. The van der Waals surface area contributed by atoms with Crippen LogP contribution in [-0.4, -0.2) is 55.0 Å². The predicted octanol–water partition coefficient (Wildman–Crippen LogP) is 1.26. The largest absolute Gasteiger partial charge is 0.391 e. The summed E-state index contributed by atoms with van der Waals surface area (Å²) in [6.07, 6.45) is 0. The minimum atomic E-state index is -3.53. The number of rotatable bonds is 3. The summed E-state index contributed by atoms with van der Waals surface area (Å²) in [6.45, 7) is 7.30. The molecule has 0 atom stereocenters. The molecule has 1 fully saturated rings. The van der Waals surface area contributed by atoms with E-state index >= 15 is 0 Å². The number of aryl methyl sites for hydroxylation is 1. The van der Waals surface area contributed by atoms with Gasteiger partial charge in [0.25, 0.3) is 0 Å². The highest BCUT2D eigenvalue weighted by Gasteiger charge is 2.38. The summed E-state index contributed by atoms with van der Waals surface area (Å²) in [4.78, 5) is 3.00. The fourth-order valence-corrected chi connectivity index (χ4v) is 5.67. The van der Waals surface area contributed by atoms with Crippen molar-refractivity contribution >= 4 is 21.4 Å². The number of likely N-dealkylation sites (N-methyl/N-ethyl adjacent to an activating group) is 1. The topological polar surface area (TPSA) is 60.9 Å². The van der Waals surface area contributed by atoms with Crippen LogP contribution in [0.15, 0.2) is 10.3 Å². The third kappa shape index (κ3) is 2.65. The van der Waals surface area contributed by atoms with Crippen molar-refractivity contribution in [2.24, 2.45) is 0 Å². The summed E-state index contributed by atoms with van der Waals surface area (Å²) in [5.74, 6) is 0. The van der Waals surface area contributed by atoms with Crippen molar-refractivity contribution in [3.63, 3.8) is 0 Å². The van der Waals surface area contributed by atoms with Crippen LogP contribution in [-0.2, 0) is 16.6 Å². The number of nitrogens with zero attached hydrogens (tertiary/aromatic N) is 2. The first-order chi connectivity index (χ1) is 9.20. The first kappa shape index (κ1) is 15.9. The second kappa shape index (κ2) is 5.38. The Morgan fingerprint density at radius 2 is 2.05 bits per heavy atom. The molecule has 0 amide bonds. The van der Waals surface area contributed by atoms with Gasteiger partial charge in [-0.3, -0.25) is 4.90 Å². The van der Waals surface area contributed by atoms with E-state index in [1.54, 1.807) is 16.6 Å². The molecule has 0 spiro atoms. The van der Waals surface area contributed by atoms with Crippen LogP contribution in [0.1, 0.15) is 24.3 Å². The van der Waals surface area contributed by atoms with Crippen LogP contribution in [0, 0.1) is 6.92 Å². The van der Waals surface area contributed by atoms with E-state index in [0.717, 1.165) is 5.56 Å². The van der Waals surface area contributed by atoms with Gasteiger partial charge < -0.3 is 5.11 Å². The summed E-state index contributed by atoms with van der Waals surface area (Å²) in [6, 6.07) is 0. The van der Waals surface area contributed by atoms with E-state index in [1.807, 2.05) is 20.9 Å². The molecule has 1 saturated heterocycles. The molecular weight excluding hydrogens is 296 g/mol. The number of hydrogen-bond acceptors (Lipinski definition) is 5. The van der Waals surface area contributed by atoms with Crippen molar-refractivity contribution in [2.45, 2.75) is 37.8 Å². The SMILES string of the molecule is Cc1csc(CO)c1S(=O)(=O)N1CCN(C)C(C)(C)C1. The monoisotopic (exact) mass is 318 g/mol. The molecule has 7 heteroatoms. The summed E-state index contributed by atoms with van der Waals surface area (Å²) < 4.78 is 27.2. The molecule has 20 heavy (non-hydrogen) atoms. The maximum Gasteiger partial charge on any atom is 0.244 e. The van der Waals surface area contributed by atoms with Crippen LogP contribution in [0.2, 0.25) is 0 Å². The molecule has 0 aromatic carbocycles. The molecule has 1 aromatic rings. The average molecular weight is 318 g/mol. The molecule has 1 aromatic heterocycles. The minimum absolute atomic E-state index is 0.186. The minimum Gasteiger partial charge on any atom is -0.391 e. The van der Waals surface area contributed by atoms with Crippen LogP contribution in [0.4, 0.5) is 0 Å². The van der Waals surface area contributed by atoms with Crippen molar-refractivity contribution in [3.05, 3.63) is 15.8 Å². The van der Waals surface area contributed by atoms with E-state index in [-0.39, 0.29) is 12.1 Å². The fraction of sp³-hybridized carbons (Fsp3) is 0.692. The zero-order valence-corrected chi connectivity index (χ0v) is 14.0. The standard InChI is InChI=1S/C13H22N2O3S2/c1-10-8-19-11(7-16)12(10)20(17,18)15-6-5-14(4)13(2,3)9-15/h8,16H,5-7,9H2,1-4H3. The van der Waals surface area contributed by atoms with Gasteiger partial charge in [-0.05, 0) is 38.8 Å². The van der Waals surface area contributed by atoms with Crippen LogP contribution in [0.5, 0.6) is 0 Å². The van der Waals surface area contributed by atoms with Gasteiger partial charge in [-0.15, -0.1) is 11.3 Å². The lowest BCUT2D eigenvalue weighted by Gasteiger charge is -2.44. The second-order valence-corrected chi connectivity index (χ2v) is 8.74. The Kier molecular flexibility index (Phi) is 4.28. The normalized spacial score (nSPS) is 21.2. The summed E-state index contributed by atoms with van der Waals surface area (Å²) >= 11 is 1.30. The average Bonchev–Trinajstić information content (AvgIpc) is 2.74. The molecule has 0 aliphatic carbocycles. The first-order valence-corrected chi connectivity index (χ1v) is 8.91. The highest BCUT2D eigenvalue weighted by atomic mass is 32.2. The lowest BCUT2D eigenvalue weighted by atomic mass is 10.0. The van der Waals surface area contributed by atoms with Gasteiger partial charge in [0.05, 0.1) is 11.5 Å². The molecular formula is C13H22N2O3S2. The Balaban J connectivity index is 2.39. The van der Waals surface area contributed by atoms with Crippen LogP contribution < -0.4 is 0 Å². The maximum atomic E-state index is 12.8. The van der Waals surface area contributed by atoms with Crippen molar-refractivity contribution in [1.82, 2.24) is 9.21 Å². The van der Waals surface area contributed by atoms with Crippen molar-refractivity contribution < 1.29 is 13.5 Å². The van der Waals surface area contributed by atoms with E-state index in [2.05, 4.69) is 4.90 Å². The number of thiophene rings is 1. The smallest absolute Gasteiger partial charge is 0.244 e. The molecule has 0 radical (unpaired) electrons. The Bertz CT molecular complexity index is 593. The molecule has 5 nitrogen and oxygen atoms in total. The van der Waals surface area contributed by atoms with Crippen LogP contribution in [0.25, 0.3) is 0 Å². The van der Waals surface area contributed by atoms with Crippen molar-refractivity contribution in [1.29, 1.82) is 0 Å². The van der Waals surface area contributed by atoms with Gasteiger partial charge in [-0.2, -0.15) is 4.31 Å². The molecule has 1 N–H and O–H groups in total. The highest BCUT2D eigenvalue weighted by molar-refractivity contribution is 7.89. The van der Waals surface area contributed by atoms with E-state index in [0.29, 0.717) is 29.4 Å². The quantitative estimate of drug-likeness (QED) is 0.911. The Labute approximate surface area is 124 Å². The molecule has 0 saturated carbocycles. The molecule has 0 bridgehead atoms. The van der Waals surface area contributed by atoms with Gasteiger partial charge in [0.1, 0.15) is 4.90 Å². The number of aliphatic hydroxyl groups is 1. The van der Waals surface area contributed by atoms with E-state index in [4.69, 9.17) is 0 Å². The van der Waals surface area contributed by atoms with Crippen LogP contribution >= 0.6 is 11.3 Å². The van der Waals surface area contributed by atoms with Gasteiger partial charge >= 0.3 is 0 Å². The third-order valence-corrected chi connectivity index (χ3v) is 7.31. The number of hydrogen-bond donors (Lipinski definition) is 1. The molecule has 2 heterocycles. The zero-order valence-electron chi connectivity index (χ0n) is 12.4. The number of sulfonamides is 1. The lowest BCUT2D eigenvalue weighted by Crippen LogP contribution is -2.58. The van der Waals surface area contributed by atoms with E-state index < -0.39 is 10.0 Å². The predicted molar refractivity (Wildman–Crippen MR) is 80.4 cm³/mol. The Morgan fingerprint density at radius 3 is 2.60 bits per heavy atom. The van der Waals surface area contributed by atoms with Gasteiger partial charge in [-0.25, -0.2) is 8.42 Å². The first-order valence-electron chi connectivity index (χ1n) is 6.59. The lowest BCUT2D eigenvalue weighted by molar-refractivity contribution is 0.0801. The fourth-order valence-electron chi connectivity index (χ4n) is 2.47. The van der Waals surface area contributed by atoms with Gasteiger partial charge in [0.2, 0.25) is 10.0 Å². The maximum absolute atomic E-state index is 12.8. The molecule has 1 aliphatic rings. The van der Waals surface area contributed by atoms with Crippen molar-refractivity contribution in [3.8, 4) is 0 Å². The van der Waals surface area contributed by atoms with Crippen molar-refractivity contribution in [2.75, 3.05) is 26.7 Å². The second-order valence-electron chi connectivity index (χ2n) is 5.90. The highest BCUT2D eigenvalue weighted by Crippen LogP contribution is 2.32. The van der Waals surface area contributed by atoms with Gasteiger partial charge in [-0.1, -0.05) is 0 Å². The Hall–Kier alpha value is -0.470. The van der Waals surface area contributed by atoms with E-state index in [9.17, 15) is 13.5 Å². The zero-order chi connectivity index (χ0) is 15.1. The van der Waals surface area contributed by atoms with E-state index in [1.165, 1.54) is 11.3 Å². The van der Waals surface area contributed by atoms with Gasteiger partial charge in [0.15, 0.2) is 0 Å². The molecule has 1 aliphatic heterocycles. The molecule has 114 valence electrons. The summed E-state index contributed by atoms with van der Waals surface area (Å²) in [5.41, 5.74) is 0.532. The number of aliphatic hydroxyl groups excluding tert-OH is 1. The van der Waals surface area contributed by atoms with Crippen LogP contribution in [0.3, 0.4) is 0 Å². The Morgan fingerprint density at radius 1 is 1.40 bits per heavy atom. The molecule has 0 unspecified atom stereocenters. The molecule has 2 rings (SSSR count).